The Morgan fingerprint density at radius 2 is 1.97 bits per heavy atom. The highest BCUT2D eigenvalue weighted by Crippen LogP contribution is 2.41. The van der Waals surface area contributed by atoms with Crippen molar-refractivity contribution in [3.8, 4) is 5.75 Å². The lowest BCUT2D eigenvalue weighted by molar-refractivity contribution is 0.0686. The summed E-state index contributed by atoms with van der Waals surface area (Å²) in [6, 6.07) is 3.55. The van der Waals surface area contributed by atoms with Crippen LogP contribution in [0.4, 0.5) is 10.2 Å². The number of carbonyl (C=O) groups is 1. The minimum atomic E-state index is -3.96. The number of aromatic nitrogens is 3. The predicted octanol–water partition coefficient (Wildman–Crippen LogP) is 1.78. The number of nitrogens with zero attached hydrogens (tertiary/aromatic N) is 6. The lowest BCUT2D eigenvalue weighted by Gasteiger charge is -2.33. The number of benzene rings is 1. The van der Waals surface area contributed by atoms with Crippen LogP contribution < -0.4 is 9.86 Å². The van der Waals surface area contributed by atoms with Crippen molar-refractivity contribution >= 4 is 44.4 Å². The summed E-state index contributed by atoms with van der Waals surface area (Å²) in [6.07, 6.45) is 0. The van der Waals surface area contributed by atoms with E-state index in [1.54, 1.807) is 11.8 Å². The van der Waals surface area contributed by atoms with Crippen molar-refractivity contribution < 1.29 is 22.7 Å². The van der Waals surface area contributed by atoms with Crippen LogP contribution in [-0.4, -0.2) is 76.2 Å². The first-order valence-electron chi connectivity index (χ1n) is 11.3. The Labute approximate surface area is 211 Å². The first-order valence-corrected chi connectivity index (χ1v) is 13.1. The van der Waals surface area contributed by atoms with E-state index in [0.717, 1.165) is 19.4 Å². The normalized spacial score (nSPS) is 19.9. The standard InChI is InChI=1S/C22H24ClFN6O5S/c1-4-27-10-12(2)30-17-16(19(31)18(30)22(27)33)21(32)28(11-13-5-6-15(24)14(23)9-13)25-20(17)29-8-7-26(3)36(29,34)35/h5-6,9,12,31H,4,7-8,10-11H2,1-3H3. The van der Waals surface area contributed by atoms with E-state index in [1.165, 1.54) is 23.7 Å². The fourth-order valence-electron chi connectivity index (χ4n) is 4.82. The van der Waals surface area contributed by atoms with E-state index in [4.69, 9.17) is 11.6 Å². The maximum Gasteiger partial charge on any atom is 0.305 e. The fraction of sp³-hybridized carbons (Fsp3) is 0.409. The van der Waals surface area contributed by atoms with Gasteiger partial charge in [0.2, 0.25) is 0 Å². The average molecular weight is 539 g/mol. The summed E-state index contributed by atoms with van der Waals surface area (Å²) in [5.74, 6) is -1.69. The molecule has 0 radical (unpaired) electrons. The number of aromatic hydroxyl groups is 1. The molecule has 3 aromatic rings. The van der Waals surface area contributed by atoms with Gasteiger partial charge in [0.25, 0.3) is 11.5 Å². The Balaban J connectivity index is 1.83. The van der Waals surface area contributed by atoms with Crippen LogP contribution in [0.5, 0.6) is 5.75 Å². The second-order valence-corrected chi connectivity index (χ2v) is 11.3. The molecule has 1 aromatic carbocycles. The first kappa shape index (κ1) is 24.5. The molecule has 2 aromatic heterocycles. The number of carbonyl (C=O) groups excluding carboxylic acids is 1. The van der Waals surface area contributed by atoms with Crippen molar-refractivity contribution in [2.24, 2.45) is 0 Å². The Kier molecular flexibility index (Phi) is 5.76. The van der Waals surface area contributed by atoms with Crippen LogP contribution in [0.1, 0.15) is 35.9 Å². The van der Waals surface area contributed by atoms with E-state index in [-0.39, 0.29) is 53.1 Å². The van der Waals surface area contributed by atoms with Gasteiger partial charge >= 0.3 is 10.2 Å². The maximum atomic E-state index is 13.7. The van der Waals surface area contributed by atoms with Crippen LogP contribution in [0.15, 0.2) is 23.0 Å². The van der Waals surface area contributed by atoms with Gasteiger partial charge in [0.1, 0.15) is 16.7 Å². The largest absolute Gasteiger partial charge is 0.505 e. The molecule has 1 unspecified atom stereocenters. The summed E-state index contributed by atoms with van der Waals surface area (Å²) in [5, 5.41) is 15.2. The zero-order chi connectivity index (χ0) is 26.1. The summed E-state index contributed by atoms with van der Waals surface area (Å²) in [7, 11) is -2.53. The molecule has 2 aliphatic heterocycles. The zero-order valence-electron chi connectivity index (χ0n) is 19.8. The predicted molar refractivity (Wildman–Crippen MR) is 131 cm³/mol. The van der Waals surface area contributed by atoms with Crippen LogP contribution in [0.2, 0.25) is 5.02 Å². The van der Waals surface area contributed by atoms with Crippen molar-refractivity contribution in [1.29, 1.82) is 0 Å². The van der Waals surface area contributed by atoms with Crippen LogP contribution in [-0.2, 0) is 16.8 Å². The lowest BCUT2D eigenvalue weighted by Crippen LogP contribution is -2.42. The van der Waals surface area contributed by atoms with E-state index in [0.29, 0.717) is 18.7 Å². The van der Waals surface area contributed by atoms with Gasteiger partial charge in [0.15, 0.2) is 17.3 Å². The van der Waals surface area contributed by atoms with Crippen LogP contribution in [0.25, 0.3) is 10.9 Å². The summed E-state index contributed by atoms with van der Waals surface area (Å²) in [5.41, 5.74) is -0.288. The molecule has 36 heavy (non-hydrogen) atoms. The van der Waals surface area contributed by atoms with Gasteiger partial charge in [0, 0.05) is 32.7 Å². The molecule has 0 saturated carbocycles. The van der Waals surface area contributed by atoms with E-state index in [1.807, 2.05) is 6.92 Å². The molecule has 0 spiro atoms. The number of anilines is 1. The first-order chi connectivity index (χ1) is 17.0. The molecule has 1 atom stereocenters. The minimum absolute atomic E-state index is 0.0617. The van der Waals surface area contributed by atoms with E-state index < -0.39 is 33.2 Å². The van der Waals surface area contributed by atoms with Gasteiger partial charge in [0.05, 0.1) is 18.1 Å². The molecule has 0 bridgehead atoms. The highest BCUT2D eigenvalue weighted by molar-refractivity contribution is 7.90. The Morgan fingerprint density at radius 3 is 2.58 bits per heavy atom. The number of hydrogen-bond donors (Lipinski definition) is 1. The molecule has 14 heteroatoms. The minimum Gasteiger partial charge on any atom is -0.505 e. The van der Waals surface area contributed by atoms with Crippen molar-refractivity contribution in [2.45, 2.75) is 26.4 Å². The summed E-state index contributed by atoms with van der Waals surface area (Å²) >= 11 is 5.90. The number of fused-ring (bicyclic) bond motifs is 3. The highest BCUT2D eigenvalue weighted by Gasteiger charge is 2.41. The topological polar surface area (TPSA) is 121 Å². The molecule has 5 rings (SSSR count). The number of likely N-dealkylation sites (N-methyl/N-ethyl adjacent to an activating group) is 2. The van der Waals surface area contributed by atoms with Crippen molar-refractivity contribution in [2.75, 3.05) is 37.5 Å². The molecule has 1 saturated heterocycles. The highest BCUT2D eigenvalue weighted by atomic mass is 35.5. The third kappa shape index (κ3) is 3.48. The zero-order valence-corrected chi connectivity index (χ0v) is 21.3. The average Bonchev–Trinajstić information content (AvgIpc) is 3.29. The number of halogens is 2. The van der Waals surface area contributed by atoms with Gasteiger partial charge in [-0.05, 0) is 31.5 Å². The smallest absolute Gasteiger partial charge is 0.305 e. The Hall–Kier alpha value is -3.16. The monoisotopic (exact) mass is 538 g/mol. The maximum absolute atomic E-state index is 13.7. The van der Waals surface area contributed by atoms with Gasteiger partial charge in [-0.15, -0.1) is 5.10 Å². The van der Waals surface area contributed by atoms with Gasteiger partial charge < -0.3 is 14.6 Å². The molecule has 1 amide bonds. The molecule has 4 heterocycles. The molecule has 11 nitrogen and oxygen atoms in total. The third-order valence-electron chi connectivity index (χ3n) is 6.70. The lowest BCUT2D eigenvalue weighted by atomic mass is 10.2. The van der Waals surface area contributed by atoms with Gasteiger partial charge in [-0.25, -0.2) is 13.4 Å². The summed E-state index contributed by atoms with van der Waals surface area (Å²) in [6.45, 7) is 4.42. The third-order valence-corrected chi connectivity index (χ3v) is 8.87. The Morgan fingerprint density at radius 1 is 1.25 bits per heavy atom. The molecule has 0 aliphatic carbocycles. The van der Waals surface area contributed by atoms with Crippen LogP contribution in [0.3, 0.4) is 0 Å². The van der Waals surface area contributed by atoms with Crippen molar-refractivity contribution in [3.63, 3.8) is 0 Å². The second-order valence-electron chi connectivity index (χ2n) is 8.92. The quantitative estimate of drug-likeness (QED) is 0.540. The van der Waals surface area contributed by atoms with E-state index >= 15 is 0 Å². The number of rotatable bonds is 4. The molecular weight excluding hydrogens is 515 g/mol. The van der Waals surface area contributed by atoms with Gasteiger partial charge in [-0.2, -0.15) is 12.7 Å². The summed E-state index contributed by atoms with van der Waals surface area (Å²) < 4.78 is 44.6. The molecular formula is C22H24ClFN6O5S. The molecule has 2 aliphatic rings. The number of amides is 1. The van der Waals surface area contributed by atoms with Gasteiger partial charge in [-0.1, -0.05) is 17.7 Å². The summed E-state index contributed by atoms with van der Waals surface area (Å²) in [4.78, 5) is 28.3. The van der Waals surface area contributed by atoms with Crippen molar-refractivity contribution in [3.05, 3.63) is 50.7 Å². The SMILES string of the molecule is CCN1CC(C)n2c(c(O)c3c(=O)n(Cc4ccc(F)c(Cl)c4)nc(N4CCN(C)S4(=O)=O)c32)C1=O. The van der Waals surface area contributed by atoms with E-state index in [2.05, 4.69) is 5.10 Å². The van der Waals surface area contributed by atoms with Crippen LogP contribution >= 0.6 is 11.6 Å². The van der Waals surface area contributed by atoms with E-state index in [9.17, 15) is 27.5 Å². The molecule has 192 valence electrons. The fourth-order valence-corrected chi connectivity index (χ4v) is 6.32. The van der Waals surface area contributed by atoms with Crippen LogP contribution in [0, 0.1) is 5.82 Å². The number of hydrogen-bond acceptors (Lipinski definition) is 6. The second kappa shape index (κ2) is 8.46. The van der Waals surface area contributed by atoms with Gasteiger partial charge in [-0.3, -0.25) is 9.59 Å². The van der Waals surface area contributed by atoms with Crippen molar-refractivity contribution in [1.82, 2.24) is 23.6 Å². The Bertz CT molecular complexity index is 1590. The molecule has 1 fully saturated rings. The molecule has 1 N–H and O–H groups in total.